The van der Waals surface area contributed by atoms with Crippen LogP contribution in [0.1, 0.15) is 37.3 Å². The number of likely N-dealkylation sites (tertiary alicyclic amines) is 1. The molecule has 1 saturated heterocycles. The van der Waals surface area contributed by atoms with Crippen LogP contribution in [0.25, 0.3) is 11.1 Å². The molecular weight excluding hydrogens is 304 g/mol. The SMILES string of the molecule is CC1CCCN1C1CCc2cc(-c3cc(F)ccc3F)ccc2C1. The van der Waals surface area contributed by atoms with Crippen molar-refractivity contribution in [3.63, 3.8) is 0 Å². The van der Waals surface area contributed by atoms with Gasteiger partial charge in [-0.05, 0) is 80.5 Å². The molecule has 4 rings (SSSR count). The van der Waals surface area contributed by atoms with Gasteiger partial charge >= 0.3 is 0 Å². The third-order valence-corrected chi connectivity index (χ3v) is 5.72. The number of rotatable bonds is 2. The molecule has 0 aromatic heterocycles. The van der Waals surface area contributed by atoms with Crippen LogP contribution < -0.4 is 0 Å². The van der Waals surface area contributed by atoms with Gasteiger partial charge in [0.15, 0.2) is 0 Å². The Morgan fingerprint density at radius 3 is 2.67 bits per heavy atom. The number of halogens is 2. The fourth-order valence-corrected chi connectivity index (χ4v) is 4.40. The summed E-state index contributed by atoms with van der Waals surface area (Å²) >= 11 is 0. The van der Waals surface area contributed by atoms with Gasteiger partial charge in [-0.15, -0.1) is 0 Å². The lowest BCUT2D eigenvalue weighted by Gasteiger charge is -2.35. The van der Waals surface area contributed by atoms with E-state index in [4.69, 9.17) is 0 Å². The van der Waals surface area contributed by atoms with Gasteiger partial charge in [0.05, 0.1) is 0 Å². The minimum Gasteiger partial charge on any atom is -0.297 e. The second-order valence-corrected chi connectivity index (χ2v) is 7.23. The predicted molar refractivity (Wildman–Crippen MR) is 93.0 cm³/mol. The fraction of sp³-hybridized carbons (Fsp3) is 0.429. The number of hydrogen-bond donors (Lipinski definition) is 0. The summed E-state index contributed by atoms with van der Waals surface area (Å²) in [4.78, 5) is 2.66. The summed E-state index contributed by atoms with van der Waals surface area (Å²) in [5.74, 6) is -0.761. The predicted octanol–water partition coefficient (Wildman–Crippen LogP) is 4.97. The second-order valence-electron chi connectivity index (χ2n) is 7.23. The van der Waals surface area contributed by atoms with Gasteiger partial charge in [-0.1, -0.05) is 18.2 Å². The number of aryl methyl sites for hydroxylation is 1. The van der Waals surface area contributed by atoms with Gasteiger partial charge in [0.25, 0.3) is 0 Å². The van der Waals surface area contributed by atoms with Gasteiger partial charge in [0.1, 0.15) is 11.6 Å². The monoisotopic (exact) mass is 327 g/mol. The maximum atomic E-state index is 14.0. The molecule has 1 aliphatic carbocycles. The van der Waals surface area contributed by atoms with Gasteiger partial charge in [-0.2, -0.15) is 0 Å². The minimum atomic E-state index is -0.396. The number of nitrogens with zero attached hydrogens (tertiary/aromatic N) is 1. The van der Waals surface area contributed by atoms with Crippen molar-refractivity contribution in [2.24, 2.45) is 0 Å². The Morgan fingerprint density at radius 1 is 1.00 bits per heavy atom. The number of benzene rings is 2. The van der Waals surface area contributed by atoms with Gasteiger partial charge in [-0.25, -0.2) is 8.78 Å². The highest BCUT2D eigenvalue weighted by molar-refractivity contribution is 5.66. The maximum absolute atomic E-state index is 14.0. The van der Waals surface area contributed by atoms with E-state index in [-0.39, 0.29) is 5.82 Å². The van der Waals surface area contributed by atoms with E-state index in [0.29, 0.717) is 17.6 Å². The van der Waals surface area contributed by atoms with E-state index in [2.05, 4.69) is 24.0 Å². The Morgan fingerprint density at radius 2 is 1.88 bits per heavy atom. The van der Waals surface area contributed by atoms with Crippen molar-refractivity contribution in [3.05, 3.63) is 59.2 Å². The van der Waals surface area contributed by atoms with Crippen LogP contribution in [0.5, 0.6) is 0 Å². The summed E-state index contributed by atoms with van der Waals surface area (Å²) in [6.45, 7) is 3.55. The van der Waals surface area contributed by atoms with Crippen molar-refractivity contribution in [2.45, 2.75) is 51.1 Å². The van der Waals surface area contributed by atoms with Crippen LogP contribution in [-0.4, -0.2) is 23.5 Å². The van der Waals surface area contributed by atoms with Crippen LogP contribution in [0.15, 0.2) is 36.4 Å². The molecule has 1 heterocycles. The number of fused-ring (bicyclic) bond motifs is 1. The van der Waals surface area contributed by atoms with E-state index in [9.17, 15) is 8.78 Å². The molecule has 2 atom stereocenters. The van der Waals surface area contributed by atoms with Crippen LogP contribution >= 0.6 is 0 Å². The lowest BCUT2D eigenvalue weighted by atomic mass is 9.85. The van der Waals surface area contributed by atoms with Gasteiger partial charge in [0, 0.05) is 17.6 Å². The second kappa shape index (κ2) is 6.29. The summed E-state index contributed by atoms with van der Waals surface area (Å²) in [7, 11) is 0. The topological polar surface area (TPSA) is 3.24 Å². The van der Waals surface area contributed by atoms with Crippen molar-refractivity contribution >= 4 is 0 Å². The van der Waals surface area contributed by atoms with Gasteiger partial charge < -0.3 is 0 Å². The zero-order chi connectivity index (χ0) is 16.7. The standard InChI is InChI=1S/C21H23F2N/c1-14-3-2-10-24(14)19-8-6-15-11-17(5-4-16(15)12-19)20-13-18(22)7-9-21(20)23/h4-5,7,9,11,13-14,19H,2-3,6,8,10,12H2,1H3. The highest BCUT2D eigenvalue weighted by Gasteiger charge is 2.30. The minimum absolute atomic E-state index is 0.355. The molecule has 0 amide bonds. The zero-order valence-corrected chi connectivity index (χ0v) is 14.1. The van der Waals surface area contributed by atoms with Crippen molar-refractivity contribution in [1.29, 1.82) is 0 Å². The molecule has 2 unspecified atom stereocenters. The Labute approximate surface area is 142 Å². The van der Waals surface area contributed by atoms with E-state index in [0.717, 1.165) is 24.8 Å². The lowest BCUT2D eigenvalue weighted by molar-refractivity contribution is 0.174. The summed E-state index contributed by atoms with van der Waals surface area (Å²) in [6.07, 6.45) is 5.87. The first kappa shape index (κ1) is 15.8. The quantitative estimate of drug-likeness (QED) is 0.752. The van der Waals surface area contributed by atoms with Crippen LogP contribution in [0.3, 0.4) is 0 Å². The Balaban J connectivity index is 1.60. The molecular formula is C21H23F2N. The van der Waals surface area contributed by atoms with Crippen LogP contribution in [0.4, 0.5) is 8.78 Å². The van der Waals surface area contributed by atoms with E-state index in [1.54, 1.807) is 0 Å². The van der Waals surface area contributed by atoms with Gasteiger partial charge in [0.2, 0.25) is 0 Å². The molecule has 0 spiro atoms. The average Bonchev–Trinajstić information content (AvgIpc) is 3.02. The van der Waals surface area contributed by atoms with Crippen molar-refractivity contribution in [3.8, 4) is 11.1 Å². The molecule has 24 heavy (non-hydrogen) atoms. The Hall–Kier alpha value is -1.74. The van der Waals surface area contributed by atoms with Crippen molar-refractivity contribution in [2.75, 3.05) is 6.54 Å². The molecule has 0 radical (unpaired) electrons. The Kier molecular flexibility index (Phi) is 4.13. The van der Waals surface area contributed by atoms with Crippen LogP contribution in [0.2, 0.25) is 0 Å². The van der Waals surface area contributed by atoms with Crippen LogP contribution in [-0.2, 0) is 12.8 Å². The van der Waals surface area contributed by atoms with Gasteiger partial charge in [-0.3, -0.25) is 4.90 Å². The molecule has 1 fully saturated rings. The summed E-state index contributed by atoms with van der Waals surface area (Å²) < 4.78 is 27.5. The molecule has 3 heteroatoms. The third kappa shape index (κ3) is 2.86. The Bertz CT molecular complexity index is 755. The van der Waals surface area contributed by atoms with E-state index in [1.807, 2.05) is 6.07 Å². The van der Waals surface area contributed by atoms with Crippen LogP contribution in [0, 0.1) is 11.6 Å². The first-order valence-corrected chi connectivity index (χ1v) is 8.95. The van der Waals surface area contributed by atoms with E-state index < -0.39 is 5.82 Å². The summed E-state index contributed by atoms with van der Waals surface area (Å²) in [5.41, 5.74) is 3.79. The molecule has 0 bridgehead atoms. The lowest BCUT2D eigenvalue weighted by Crippen LogP contribution is -2.41. The highest BCUT2D eigenvalue weighted by Crippen LogP contribution is 2.32. The molecule has 1 aliphatic heterocycles. The highest BCUT2D eigenvalue weighted by atomic mass is 19.1. The maximum Gasteiger partial charge on any atom is 0.131 e. The van der Waals surface area contributed by atoms with E-state index in [1.165, 1.54) is 48.7 Å². The summed E-state index contributed by atoms with van der Waals surface area (Å²) in [5, 5.41) is 0. The van der Waals surface area contributed by atoms with Crippen molar-refractivity contribution in [1.82, 2.24) is 4.90 Å². The fourth-order valence-electron chi connectivity index (χ4n) is 4.40. The molecule has 0 N–H and O–H groups in total. The first-order valence-electron chi connectivity index (χ1n) is 8.95. The average molecular weight is 327 g/mol. The summed E-state index contributed by atoms with van der Waals surface area (Å²) in [6, 6.07) is 11.1. The normalized spacial score (nSPS) is 24.1. The smallest absolute Gasteiger partial charge is 0.131 e. The molecule has 0 saturated carbocycles. The first-order chi connectivity index (χ1) is 11.6. The largest absolute Gasteiger partial charge is 0.297 e. The third-order valence-electron chi connectivity index (χ3n) is 5.72. The molecule has 1 nitrogen and oxygen atoms in total. The zero-order valence-electron chi connectivity index (χ0n) is 14.1. The molecule has 126 valence electrons. The van der Waals surface area contributed by atoms with E-state index >= 15 is 0 Å². The molecule has 2 aromatic carbocycles. The molecule has 2 aliphatic rings. The molecule has 2 aromatic rings. The van der Waals surface area contributed by atoms with Crippen molar-refractivity contribution < 1.29 is 8.78 Å². The number of hydrogen-bond acceptors (Lipinski definition) is 1.